The molecule has 2 heterocycles. The molecule has 8 nitrogen and oxygen atoms in total. The van der Waals surface area contributed by atoms with E-state index in [-0.39, 0.29) is 17.9 Å². The van der Waals surface area contributed by atoms with E-state index in [4.69, 9.17) is 13.9 Å². The highest BCUT2D eigenvalue weighted by molar-refractivity contribution is 6.17. The predicted molar refractivity (Wildman–Crippen MR) is 125 cm³/mol. The summed E-state index contributed by atoms with van der Waals surface area (Å²) in [6.45, 7) is 0. The van der Waals surface area contributed by atoms with Crippen LogP contribution < -0.4 is 20.1 Å². The number of fused-ring (bicyclic) bond motifs is 2. The summed E-state index contributed by atoms with van der Waals surface area (Å²) in [6.07, 6.45) is -1.25. The zero-order chi connectivity index (χ0) is 23.7. The molecule has 0 radical (unpaired) electrons. The summed E-state index contributed by atoms with van der Waals surface area (Å²) in [7, 11) is 1.51. The molecule has 0 fully saturated rings. The fraction of sp³-hybridized carbons (Fsp3) is 0.115. The van der Waals surface area contributed by atoms with Gasteiger partial charge < -0.3 is 24.5 Å². The minimum absolute atomic E-state index is 0.0119. The van der Waals surface area contributed by atoms with Crippen LogP contribution in [0.4, 0.5) is 11.4 Å². The van der Waals surface area contributed by atoms with Crippen molar-refractivity contribution in [2.24, 2.45) is 0 Å². The van der Waals surface area contributed by atoms with Gasteiger partial charge in [0.1, 0.15) is 17.1 Å². The Morgan fingerprint density at radius 1 is 1.03 bits per heavy atom. The van der Waals surface area contributed by atoms with Gasteiger partial charge in [0.2, 0.25) is 11.7 Å². The minimum atomic E-state index is -1.01. The smallest absolute Gasteiger partial charge is 0.266 e. The maximum absolute atomic E-state index is 13.3. The number of ketones is 1. The van der Waals surface area contributed by atoms with Gasteiger partial charge >= 0.3 is 0 Å². The van der Waals surface area contributed by atoms with Crippen molar-refractivity contribution in [3.05, 3.63) is 84.1 Å². The van der Waals surface area contributed by atoms with Gasteiger partial charge in [0.25, 0.3) is 5.91 Å². The van der Waals surface area contributed by atoms with Crippen molar-refractivity contribution in [1.82, 2.24) is 0 Å². The second kappa shape index (κ2) is 8.74. The van der Waals surface area contributed by atoms with Crippen molar-refractivity contribution in [3.8, 4) is 11.5 Å². The molecule has 4 aromatic rings. The highest BCUT2D eigenvalue weighted by Crippen LogP contribution is 2.34. The first-order valence-corrected chi connectivity index (χ1v) is 10.6. The second-order valence-corrected chi connectivity index (χ2v) is 7.71. The molecule has 1 aliphatic rings. The van der Waals surface area contributed by atoms with Gasteiger partial charge in [-0.1, -0.05) is 36.4 Å². The maximum atomic E-state index is 13.3. The Kier molecular flexibility index (Phi) is 5.47. The highest BCUT2D eigenvalue weighted by atomic mass is 16.5. The molecule has 0 bridgehead atoms. The molecule has 1 unspecified atom stereocenters. The Labute approximate surface area is 194 Å². The van der Waals surface area contributed by atoms with E-state index in [1.165, 1.54) is 7.11 Å². The van der Waals surface area contributed by atoms with Crippen LogP contribution >= 0.6 is 0 Å². The average molecular weight is 456 g/mol. The van der Waals surface area contributed by atoms with Crippen molar-refractivity contribution >= 4 is 39.9 Å². The molecule has 1 atom stereocenters. The lowest BCUT2D eigenvalue weighted by Gasteiger charge is -2.25. The Morgan fingerprint density at radius 3 is 2.68 bits per heavy atom. The van der Waals surface area contributed by atoms with Crippen LogP contribution in [0, 0.1) is 0 Å². The number of carbonyl (C=O) groups excluding carboxylic acids is 3. The Hall–Kier alpha value is -4.59. The lowest BCUT2D eigenvalue weighted by Crippen LogP contribution is -2.39. The zero-order valence-corrected chi connectivity index (χ0v) is 18.2. The molecule has 170 valence electrons. The number of hydrogen-bond donors (Lipinski definition) is 2. The maximum Gasteiger partial charge on any atom is 0.266 e. The summed E-state index contributed by atoms with van der Waals surface area (Å²) >= 11 is 0. The second-order valence-electron chi connectivity index (χ2n) is 7.71. The van der Waals surface area contributed by atoms with Crippen LogP contribution in [0.2, 0.25) is 0 Å². The number of para-hydroxylation sites is 3. The lowest BCUT2D eigenvalue weighted by molar-refractivity contribution is -0.128. The third-order valence-electron chi connectivity index (χ3n) is 5.48. The molecule has 5 rings (SSSR count). The molecular formula is C26H20N2O6. The van der Waals surface area contributed by atoms with Crippen molar-refractivity contribution in [3.63, 3.8) is 0 Å². The number of furan rings is 1. The van der Waals surface area contributed by atoms with E-state index in [1.54, 1.807) is 72.8 Å². The normalized spacial score (nSPS) is 14.6. The lowest BCUT2D eigenvalue weighted by atomic mass is 10.1. The number of anilines is 2. The van der Waals surface area contributed by atoms with Gasteiger partial charge in [0, 0.05) is 10.9 Å². The van der Waals surface area contributed by atoms with Crippen molar-refractivity contribution in [2.45, 2.75) is 12.5 Å². The predicted octanol–water partition coefficient (Wildman–Crippen LogP) is 4.40. The SMILES string of the molecule is COc1cccc(C(=O)c2oc3ccccc3c2NC(=O)CC2Oc3ccccc3NC2=O)c1. The van der Waals surface area contributed by atoms with Gasteiger partial charge in [-0.2, -0.15) is 0 Å². The largest absolute Gasteiger partial charge is 0.497 e. The summed E-state index contributed by atoms with van der Waals surface area (Å²) < 4.78 is 16.8. The number of hydrogen-bond acceptors (Lipinski definition) is 6. The van der Waals surface area contributed by atoms with Crippen molar-refractivity contribution in [1.29, 1.82) is 0 Å². The van der Waals surface area contributed by atoms with Crippen molar-refractivity contribution in [2.75, 3.05) is 17.7 Å². The fourth-order valence-electron chi connectivity index (χ4n) is 3.81. The molecule has 0 saturated carbocycles. The van der Waals surface area contributed by atoms with Crippen LogP contribution in [-0.4, -0.2) is 30.8 Å². The molecule has 1 aromatic heterocycles. The van der Waals surface area contributed by atoms with Gasteiger partial charge in [-0.05, 0) is 36.4 Å². The van der Waals surface area contributed by atoms with Crippen LogP contribution in [0.3, 0.4) is 0 Å². The van der Waals surface area contributed by atoms with E-state index in [2.05, 4.69) is 10.6 Å². The number of nitrogens with one attached hydrogen (secondary N) is 2. The van der Waals surface area contributed by atoms with E-state index < -0.39 is 23.7 Å². The van der Waals surface area contributed by atoms with E-state index in [0.29, 0.717) is 33.7 Å². The Balaban J connectivity index is 1.43. The van der Waals surface area contributed by atoms with E-state index >= 15 is 0 Å². The molecule has 2 N–H and O–H groups in total. The molecule has 0 saturated heterocycles. The van der Waals surface area contributed by atoms with Gasteiger partial charge in [0.15, 0.2) is 11.9 Å². The molecule has 1 aliphatic heterocycles. The van der Waals surface area contributed by atoms with Crippen LogP contribution in [-0.2, 0) is 9.59 Å². The summed E-state index contributed by atoms with van der Waals surface area (Å²) in [5.41, 5.74) is 1.59. The summed E-state index contributed by atoms with van der Waals surface area (Å²) in [5.74, 6) is -0.326. The van der Waals surface area contributed by atoms with Crippen molar-refractivity contribution < 1.29 is 28.3 Å². The van der Waals surface area contributed by atoms with Gasteiger partial charge in [-0.3, -0.25) is 14.4 Å². The number of benzene rings is 3. The third-order valence-corrected chi connectivity index (χ3v) is 5.48. The molecule has 3 aromatic carbocycles. The molecule has 2 amide bonds. The van der Waals surface area contributed by atoms with Crippen LogP contribution in [0.5, 0.6) is 11.5 Å². The first-order chi connectivity index (χ1) is 16.5. The number of carbonyl (C=O) groups is 3. The molecule has 0 aliphatic carbocycles. The Bertz CT molecular complexity index is 1420. The van der Waals surface area contributed by atoms with E-state index in [9.17, 15) is 14.4 Å². The summed E-state index contributed by atoms with van der Waals surface area (Å²) in [5, 5.41) is 6.07. The van der Waals surface area contributed by atoms with Crippen LogP contribution in [0.1, 0.15) is 22.5 Å². The number of ether oxygens (including phenoxy) is 2. The molecule has 34 heavy (non-hydrogen) atoms. The first kappa shape index (κ1) is 21.3. The zero-order valence-electron chi connectivity index (χ0n) is 18.2. The van der Waals surface area contributed by atoms with Gasteiger partial charge in [-0.25, -0.2) is 0 Å². The minimum Gasteiger partial charge on any atom is -0.497 e. The highest BCUT2D eigenvalue weighted by Gasteiger charge is 2.31. The standard InChI is InChI=1S/C26H20N2O6/c1-32-16-8-6-7-15(13-16)24(30)25-23(17-9-2-4-11-19(17)34-25)28-22(29)14-21-26(31)27-18-10-3-5-12-20(18)33-21/h2-13,21H,14H2,1H3,(H,27,31)(H,28,29). The number of rotatable bonds is 6. The van der Waals surface area contributed by atoms with Crippen LogP contribution in [0.25, 0.3) is 11.0 Å². The summed E-state index contributed by atoms with van der Waals surface area (Å²) in [6, 6.07) is 20.7. The van der Waals surface area contributed by atoms with Gasteiger partial charge in [-0.15, -0.1) is 0 Å². The molecule has 0 spiro atoms. The summed E-state index contributed by atoms with van der Waals surface area (Å²) in [4.78, 5) is 38.7. The van der Waals surface area contributed by atoms with E-state index in [0.717, 1.165) is 0 Å². The van der Waals surface area contributed by atoms with E-state index in [1.807, 2.05) is 0 Å². The number of methoxy groups -OCH3 is 1. The van der Waals surface area contributed by atoms with Gasteiger partial charge in [0.05, 0.1) is 24.9 Å². The first-order valence-electron chi connectivity index (χ1n) is 10.6. The third kappa shape index (κ3) is 3.97. The topological polar surface area (TPSA) is 107 Å². The Morgan fingerprint density at radius 2 is 1.82 bits per heavy atom. The monoisotopic (exact) mass is 456 g/mol. The molecular weight excluding hydrogens is 436 g/mol. The average Bonchev–Trinajstić information content (AvgIpc) is 3.22. The molecule has 8 heteroatoms. The quantitative estimate of drug-likeness (QED) is 0.417. The number of amides is 2. The van der Waals surface area contributed by atoms with Crippen LogP contribution in [0.15, 0.2) is 77.2 Å². The fourth-order valence-corrected chi connectivity index (χ4v) is 3.81.